The van der Waals surface area contributed by atoms with E-state index in [0.29, 0.717) is 33.2 Å². The lowest BCUT2D eigenvalue weighted by Crippen LogP contribution is -2.39. The molecule has 0 radical (unpaired) electrons. The molecule has 0 aromatic rings. The van der Waals surface area contributed by atoms with Gasteiger partial charge in [-0.15, -0.1) is 0 Å². The third-order valence-corrected chi connectivity index (χ3v) is 5.09. The SMILES string of the molecule is O=C1CSC(=S)N1CCN1C(=O)CSC1=S. The maximum Gasteiger partial charge on any atom is 0.238 e. The fourth-order valence-corrected chi connectivity index (χ4v) is 3.64. The summed E-state index contributed by atoms with van der Waals surface area (Å²) in [6.45, 7) is 0.883. The van der Waals surface area contributed by atoms with Crippen molar-refractivity contribution in [3.8, 4) is 0 Å². The quantitative estimate of drug-likeness (QED) is 0.714. The zero-order valence-corrected chi connectivity index (χ0v) is 11.4. The van der Waals surface area contributed by atoms with Crippen molar-refractivity contribution in [1.82, 2.24) is 9.80 Å². The molecule has 16 heavy (non-hydrogen) atoms. The first-order valence-corrected chi connectivity index (χ1v) is 7.32. The molecule has 2 saturated heterocycles. The summed E-state index contributed by atoms with van der Waals surface area (Å²) in [4.78, 5) is 25.9. The van der Waals surface area contributed by atoms with Crippen LogP contribution in [0.4, 0.5) is 0 Å². The van der Waals surface area contributed by atoms with E-state index in [2.05, 4.69) is 0 Å². The van der Waals surface area contributed by atoms with Crippen LogP contribution < -0.4 is 0 Å². The van der Waals surface area contributed by atoms with E-state index in [4.69, 9.17) is 24.4 Å². The van der Waals surface area contributed by atoms with Crippen molar-refractivity contribution in [3.05, 3.63) is 0 Å². The van der Waals surface area contributed by atoms with Gasteiger partial charge in [-0.2, -0.15) is 0 Å². The second-order valence-corrected chi connectivity index (χ2v) is 6.42. The molecule has 0 bridgehead atoms. The first kappa shape index (κ1) is 12.3. The molecule has 2 aliphatic heterocycles. The van der Waals surface area contributed by atoms with Crippen molar-refractivity contribution in [3.63, 3.8) is 0 Å². The Morgan fingerprint density at radius 3 is 1.56 bits per heavy atom. The molecule has 0 aromatic heterocycles. The Hall–Kier alpha value is -0.180. The van der Waals surface area contributed by atoms with E-state index < -0.39 is 0 Å². The van der Waals surface area contributed by atoms with Crippen LogP contribution in [-0.4, -0.2) is 54.9 Å². The number of thioether (sulfide) groups is 2. The Kier molecular flexibility index (Phi) is 3.83. The first-order chi connectivity index (χ1) is 7.59. The van der Waals surface area contributed by atoms with Gasteiger partial charge >= 0.3 is 0 Å². The summed E-state index contributed by atoms with van der Waals surface area (Å²) in [6.07, 6.45) is 0. The van der Waals surface area contributed by atoms with Crippen LogP contribution in [0.25, 0.3) is 0 Å². The van der Waals surface area contributed by atoms with Crippen molar-refractivity contribution in [2.24, 2.45) is 0 Å². The van der Waals surface area contributed by atoms with Gasteiger partial charge in [-0.1, -0.05) is 48.0 Å². The highest BCUT2D eigenvalue weighted by molar-refractivity contribution is 8.24. The van der Waals surface area contributed by atoms with E-state index in [1.165, 1.54) is 23.5 Å². The van der Waals surface area contributed by atoms with Gasteiger partial charge in [0.2, 0.25) is 11.8 Å². The van der Waals surface area contributed by atoms with Crippen LogP contribution in [0.5, 0.6) is 0 Å². The van der Waals surface area contributed by atoms with Gasteiger partial charge in [0.25, 0.3) is 0 Å². The lowest BCUT2D eigenvalue weighted by atomic mass is 10.4. The number of thiocarbonyl (C=S) groups is 2. The molecule has 4 nitrogen and oxygen atoms in total. The molecule has 2 fully saturated rings. The number of carbonyl (C=O) groups excluding carboxylic acids is 2. The van der Waals surface area contributed by atoms with Crippen LogP contribution in [0, 0.1) is 0 Å². The average Bonchev–Trinajstić information content (AvgIpc) is 2.72. The molecule has 0 atom stereocenters. The Labute approximate surface area is 112 Å². The van der Waals surface area contributed by atoms with Gasteiger partial charge in [-0.05, 0) is 0 Å². The van der Waals surface area contributed by atoms with Gasteiger partial charge in [-0.25, -0.2) is 0 Å². The van der Waals surface area contributed by atoms with E-state index >= 15 is 0 Å². The Bertz CT molecular complexity index is 316. The minimum atomic E-state index is 0.0141. The fourth-order valence-electron chi connectivity index (χ4n) is 1.39. The molecule has 0 aliphatic carbocycles. The van der Waals surface area contributed by atoms with E-state index in [1.54, 1.807) is 9.80 Å². The Balaban J connectivity index is 1.92. The molecule has 0 N–H and O–H groups in total. The Morgan fingerprint density at radius 2 is 1.31 bits per heavy atom. The number of carbonyl (C=O) groups is 2. The highest BCUT2D eigenvalue weighted by Crippen LogP contribution is 2.21. The number of amides is 2. The summed E-state index contributed by atoms with van der Waals surface area (Å²) >= 11 is 12.8. The molecule has 2 rings (SSSR count). The summed E-state index contributed by atoms with van der Waals surface area (Å²) in [6, 6.07) is 0. The van der Waals surface area contributed by atoms with E-state index in [-0.39, 0.29) is 11.8 Å². The zero-order chi connectivity index (χ0) is 11.7. The van der Waals surface area contributed by atoms with Gasteiger partial charge in [0.15, 0.2) is 0 Å². The molecule has 0 unspecified atom stereocenters. The molecule has 2 aliphatic rings. The summed E-state index contributed by atoms with van der Waals surface area (Å²) in [5.74, 6) is 0.846. The molecule has 0 saturated carbocycles. The maximum atomic E-state index is 11.4. The molecule has 2 heterocycles. The molecule has 8 heteroatoms. The number of hydrogen-bond donors (Lipinski definition) is 0. The Morgan fingerprint density at radius 1 is 0.938 bits per heavy atom. The van der Waals surface area contributed by atoms with Gasteiger partial charge in [0.1, 0.15) is 8.64 Å². The molecule has 0 spiro atoms. The highest BCUT2D eigenvalue weighted by Gasteiger charge is 2.30. The predicted molar refractivity (Wildman–Crippen MR) is 73.5 cm³/mol. The van der Waals surface area contributed by atoms with Gasteiger partial charge < -0.3 is 0 Å². The summed E-state index contributed by atoms with van der Waals surface area (Å²) in [5, 5.41) is 0. The second kappa shape index (κ2) is 4.99. The minimum Gasteiger partial charge on any atom is -0.295 e. The molecular formula is C8H8N2O2S4. The van der Waals surface area contributed by atoms with Crippen molar-refractivity contribution < 1.29 is 9.59 Å². The molecular weight excluding hydrogens is 284 g/mol. The second-order valence-electron chi connectivity index (χ2n) is 3.20. The normalized spacial score (nSPS) is 21.5. The lowest BCUT2D eigenvalue weighted by molar-refractivity contribution is -0.126. The van der Waals surface area contributed by atoms with Gasteiger partial charge in [0, 0.05) is 13.1 Å². The van der Waals surface area contributed by atoms with Gasteiger partial charge in [-0.3, -0.25) is 19.4 Å². The largest absolute Gasteiger partial charge is 0.295 e. The number of nitrogens with zero attached hydrogens (tertiary/aromatic N) is 2. The van der Waals surface area contributed by atoms with E-state index in [1.807, 2.05) is 0 Å². The van der Waals surface area contributed by atoms with Crippen LogP contribution in [0.15, 0.2) is 0 Å². The van der Waals surface area contributed by atoms with E-state index in [9.17, 15) is 9.59 Å². The maximum absolute atomic E-state index is 11.4. The zero-order valence-electron chi connectivity index (χ0n) is 8.17. The molecule has 86 valence electrons. The minimum absolute atomic E-state index is 0.0141. The van der Waals surface area contributed by atoms with Crippen LogP contribution in [-0.2, 0) is 9.59 Å². The summed E-state index contributed by atoms with van der Waals surface area (Å²) in [7, 11) is 0. The highest BCUT2D eigenvalue weighted by atomic mass is 32.2. The van der Waals surface area contributed by atoms with Crippen LogP contribution in [0.3, 0.4) is 0 Å². The van der Waals surface area contributed by atoms with Crippen molar-refractivity contribution in [2.45, 2.75) is 0 Å². The van der Waals surface area contributed by atoms with Crippen molar-refractivity contribution in [1.29, 1.82) is 0 Å². The summed E-state index contributed by atoms with van der Waals surface area (Å²) < 4.78 is 1.19. The third kappa shape index (κ3) is 2.39. The third-order valence-electron chi connectivity index (χ3n) is 2.23. The summed E-state index contributed by atoms with van der Waals surface area (Å²) in [5.41, 5.74) is 0. The van der Waals surface area contributed by atoms with Crippen LogP contribution in [0.2, 0.25) is 0 Å². The monoisotopic (exact) mass is 292 g/mol. The standard InChI is InChI=1S/C8H8N2O2S4/c11-5-3-15-7(13)9(5)1-2-10-6(12)4-16-8(10)14/h1-4H2. The number of hydrogen-bond acceptors (Lipinski definition) is 6. The fraction of sp³-hybridized carbons (Fsp3) is 0.500. The number of rotatable bonds is 3. The van der Waals surface area contributed by atoms with Crippen LogP contribution >= 0.6 is 48.0 Å². The smallest absolute Gasteiger partial charge is 0.238 e. The lowest BCUT2D eigenvalue weighted by Gasteiger charge is -2.20. The van der Waals surface area contributed by atoms with E-state index in [0.717, 1.165) is 0 Å². The van der Waals surface area contributed by atoms with Crippen molar-refractivity contribution >= 4 is 68.4 Å². The van der Waals surface area contributed by atoms with Crippen molar-refractivity contribution in [2.75, 3.05) is 24.6 Å². The molecule has 0 aromatic carbocycles. The first-order valence-electron chi connectivity index (χ1n) is 4.54. The average molecular weight is 292 g/mol. The van der Waals surface area contributed by atoms with Gasteiger partial charge in [0.05, 0.1) is 11.5 Å². The van der Waals surface area contributed by atoms with Crippen LogP contribution in [0.1, 0.15) is 0 Å². The predicted octanol–water partition coefficient (Wildman–Crippen LogP) is 0.707. The molecule has 2 amide bonds. The topological polar surface area (TPSA) is 40.6 Å².